The number of nitrogens with one attached hydrogen (secondary N) is 2. The van der Waals surface area contributed by atoms with E-state index in [4.69, 9.17) is 9.47 Å². The number of ether oxygens (including phenoxy) is 2. The number of methoxy groups -OCH3 is 1. The largest absolute Gasteiger partial charge is 0.497 e. The van der Waals surface area contributed by atoms with Gasteiger partial charge in [-0.25, -0.2) is 4.79 Å². The first-order chi connectivity index (χ1) is 16.5. The minimum atomic E-state index is -0.481. The maximum atomic E-state index is 12.9. The van der Waals surface area contributed by atoms with Crippen molar-refractivity contribution in [3.05, 3.63) is 81.7 Å². The molecular weight excluding hydrogens is 450 g/mol. The number of carbonyl (C=O) groups is 2. The lowest BCUT2D eigenvalue weighted by Crippen LogP contribution is -2.38. The number of fused-ring (bicyclic) bond motifs is 3. The Bertz CT molecular complexity index is 1270. The van der Waals surface area contributed by atoms with Gasteiger partial charge in [0.2, 0.25) is 0 Å². The summed E-state index contributed by atoms with van der Waals surface area (Å²) in [6, 6.07) is 14.6. The number of rotatable bonds is 5. The van der Waals surface area contributed by atoms with Crippen LogP contribution in [0.15, 0.2) is 54.6 Å². The van der Waals surface area contributed by atoms with Gasteiger partial charge in [0, 0.05) is 24.0 Å². The van der Waals surface area contributed by atoms with Crippen molar-refractivity contribution in [3.63, 3.8) is 0 Å². The number of anilines is 1. The van der Waals surface area contributed by atoms with E-state index < -0.39 is 12.1 Å². The Morgan fingerprint density at radius 3 is 2.76 bits per heavy atom. The first kappa shape index (κ1) is 22.2. The molecule has 174 valence electrons. The van der Waals surface area contributed by atoms with Crippen LogP contribution in [0.5, 0.6) is 11.5 Å². The third-order valence-electron chi connectivity index (χ3n) is 5.96. The van der Waals surface area contributed by atoms with Gasteiger partial charge in [-0.15, -0.1) is 11.3 Å². The van der Waals surface area contributed by atoms with Crippen molar-refractivity contribution < 1.29 is 19.1 Å². The van der Waals surface area contributed by atoms with E-state index in [2.05, 4.69) is 22.6 Å². The lowest BCUT2D eigenvalue weighted by Gasteiger charge is -2.27. The minimum absolute atomic E-state index is 0.0642. The fraction of sp³-hybridized carbons (Fsp3) is 0.231. The Balaban J connectivity index is 1.28. The number of nitrogens with zero attached hydrogens (tertiary/aromatic N) is 1. The van der Waals surface area contributed by atoms with Crippen LogP contribution < -0.4 is 20.1 Å². The third-order valence-corrected chi connectivity index (χ3v) is 7.11. The van der Waals surface area contributed by atoms with Crippen LogP contribution in [0.1, 0.15) is 38.1 Å². The zero-order valence-electron chi connectivity index (χ0n) is 19.0. The van der Waals surface area contributed by atoms with E-state index in [-0.39, 0.29) is 5.91 Å². The summed E-state index contributed by atoms with van der Waals surface area (Å²) in [5.74, 6) is 0.620. The average Bonchev–Trinajstić information content (AvgIpc) is 3.21. The van der Waals surface area contributed by atoms with Crippen LogP contribution in [0.4, 0.5) is 5.00 Å². The second-order valence-electron chi connectivity index (χ2n) is 8.35. The number of amides is 1. The van der Waals surface area contributed by atoms with Gasteiger partial charge in [0.15, 0.2) is 0 Å². The highest BCUT2D eigenvalue weighted by molar-refractivity contribution is 7.16. The Hall–Kier alpha value is -3.62. The number of benzene rings is 2. The number of carbonyl (C=O) groups excluding carboxylic acids is 2. The summed E-state index contributed by atoms with van der Waals surface area (Å²) in [5.41, 5.74) is 3.61. The standard InChI is InChI=1S/C26H25N3O4S/c1-29-13-12-20-21(15-29)34-26-23(20)25(31)27-24(28-26)17-4-3-5-19(14-17)33-22(30)11-8-16-6-9-18(32-2)10-7-16/h3-11,14,24,28H,12-13,15H2,1-2H3,(H,27,31)/b11-8+/t24-/m0/s1. The van der Waals surface area contributed by atoms with Crippen molar-refractivity contribution in [3.8, 4) is 11.5 Å². The van der Waals surface area contributed by atoms with Crippen LogP contribution in [0, 0.1) is 0 Å². The molecule has 0 saturated heterocycles. The molecule has 2 aliphatic heterocycles. The van der Waals surface area contributed by atoms with E-state index in [1.165, 1.54) is 11.0 Å². The fourth-order valence-corrected chi connectivity index (χ4v) is 5.55. The lowest BCUT2D eigenvalue weighted by atomic mass is 10.0. The third kappa shape index (κ3) is 4.55. The highest BCUT2D eigenvalue weighted by Gasteiger charge is 2.32. The van der Waals surface area contributed by atoms with Gasteiger partial charge in [-0.2, -0.15) is 0 Å². The van der Waals surface area contributed by atoms with Gasteiger partial charge >= 0.3 is 5.97 Å². The highest BCUT2D eigenvalue weighted by Crippen LogP contribution is 2.40. The Morgan fingerprint density at radius 1 is 1.15 bits per heavy atom. The normalized spacial score (nSPS) is 17.5. The number of thiophene rings is 1. The highest BCUT2D eigenvalue weighted by atomic mass is 32.1. The summed E-state index contributed by atoms with van der Waals surface area (Å²) < 4.78 is 10.6. The van der Waals surface area contributed by atoms with Gasteiger partial charge in [0.05, 0.1) is 12.7 Å². The Morgan fingerprint density at radius 2 is 1.97 bits per heavy atom. The molecule has 0 fully saturated rings. The van der Waals surface area contributed by atoms with Gasteiger partial charge in [0.1, 0.15) is 22.7 Å². The molecule has 2 aliphatic rings. The van der Waals surface area contributed by atoms with Gasteiger partial charge in [-0.3, -0.25) is 4.79 Å². The monoisotopic (exact) mass is 475 g/mol. The summed E-state index contributed by atoms with van der Waals surface area (Å²) in [4.78, 5) is 28.8. The van der Waals surface area contributed by atoms with Crippen molar-refractivity contribution in [1.29, 1.82) is 0 Å². The SMILES string of the molecule is COc1ccc(/C=C/C(=O)Oc2cccc([C@H]3NC(=O)c4c(sc5c4CCN(C)C5)N3)c2)cc1. The molecule has 8 heteroatoms. The molecule has 0 bridgehead atoms. The van der Waals surface area contributed by atoms with Gasteiger partial charge in [-0.05, 0) is 60.5 Å². The Kier molecular flexibility index (Phi) is 6.08. The molecule has 7 nitrogen and oxygen atoms in total. The molecule has 3 aromatic rings. The summed E-state index contributed by atoms with van der Waals surface area (Å²) >= 11 is 1.65. The van der Waals surface area contributed by atoms with Crippen molar-refractivity contribution >= 4 is 34.3 Å². The molecule has 0 unspecified atom stereocenters. The molecule has 1 amide bonds. The van der Waals surface area contributed by atoms with E-state index >= 15 is 0 Å². The van der Waals surface area contributed by atoms with E-state index in [1.807, 2.05) is 36.4 Å². The second-order valence-corrected chi connectivity index (χ2v) is 9.45. The molecule has 0 spiro atoms. The molecule has 2 N–H and O–H groups in total. The second kappa shape index (κ2) is 9.32. The number of hydrogen-bond donors (Lipinski definition) is 2. The molecule has 1 aromatic heterocycles. The maximum absolute atomic E-state index is 12.9. The van der Waals surface area contributed by atoms with Gasteiger partial charge in [-0.1, -0.05) is 24.3 Å². The molecule has 5 rings (SSSR count). The first-order valence-electron chi connectivity index (χ1n) is 11.0. The lowest BCUT2D eigenvalue weighted by molar-refractivity contribution is -0.128. The molecule has 1 atom stereocenters. The van der Waals surface area contributed by atoms with Gasteiger partial charge < -0.3 is 25.0 Å². The fourth-order valence-electron chi connectivity index (χ4n) is 4.20. The topological polar surface area (TPSA) is 79.9 Å². The molecule has 0 radical (unpaired) electrons. The van der Waals surface area contributed by atoms with Crippen LogP contribution >= 0.6 is 11.3 Å². The van der Waals surface area contributed by atoms with Crippen molar-refractivity contribution in [2.45, 2.75) is 19.1 Å². The van der Waals surface area contributed by atoms with Crippen LogP contribution in [0.3, 0.4) is 0 Å². The summed E-state index contributed by atoms with van der Waals surface area (Å²) in [7, 11) is 3.70. The van der Waals surface area contributed by atoms with Crippen LogP contribution in [-0.4, -0.2) is 37.5 Å². The van der Waals surface area contributed by atoms with E-state index in [1.54, 1.807) is 36.7 Å². The van der Waals surface area contributed by atoms with Gasteiger partial charge in [0.25, 0.3) is 5.91 Å². The Labute approximate surface area is 202 Å². The van der Waals surface area contributed by atoms with Crippen molar-refractivity contribution in [2.24, 2.45) is 0 Å². The summed E-state index contributed by atoms with van der Waals surface area (Å²) in [5, 5.41) is 7.41. The molecule has 2 aromatic carbocycles. The first-order valence-corrected chi connectivity index (χ1v) is 11.9. The van der Waals surface area contributed by atoms with Crippen molar-refractivity contribution in [2.75, 3.05) is 26.0 Å². The summed E-state index contributed by atoms with van der Waals surface area (Å²) in [6.45, 7) is 1.81. The number of esters is 1. The van der Waals surface area contributed by atoms with E-state index in [0.717, 1.165) is 52.5 Å². The van der Waals surface area contributed by atoms with E-state index in [0.29, 0.717) is 5.75 Å². The predicted molar refractivity (Wildman–Crippen MR) is 132 cm³/mol. The molecule has 34 heavy (non-hydrogen) atoms. The maximum Gasteiger partial charge on any atom is 0.336 e. The quantitative estimate of drug-likeness (QED) is 0.327. The summed E-state index contributed by atoms with van der Waals surface area (Å²) in [6.07, 6.45) is 3.56. The number of hydrogen-bond acceptors (Lipinski definition) is 7. The number of likely N-dealkylation sites (N-methyl/N-ethyl adjacent to an activating group) is 1. The van der Waals surface area contributed by atoms with E-state index in [9.17, 15) is 9.59 Å². The molecule has 0 aliphatic carbocycles. The molecular formula is C26H25N3O4S. The van der Waals surface area contributed by atoms with Crippen molar-refractivity contribution in [1.82, 2.24) is 10.2 Å². The average molecular weight is 476 g/mol. The zero-order valence-corrected chi connectivity index (χ0v) is 19.8. The minimum Gasteiger partial charge on any atom is -0.497 e. The van der Waals surface area contributed by atoms with Crippen LogP contribution in [0.2, 0.25) is 0 Å². The van der Waals surface area contributed by atoms with Crippen LogP contribution in [-0.2, 0) is 17.8 Å². The zero-order chi connectivity index (χ0) is 23.7. The van der Waals surface area contributed by atoms with Crippen LogP contribution in [0.25, 0.3) is 6.08 Å². The predicted octanol–water partition coefficient (Wildman–Crippen LogP) is 4.22. The molecule has 3 heterocycles. The smallest absolute Gasteiger partial charge is 0.336 e. The molecule has 0 saturated carbocycles.